The second-order valence-electron chi connectivity index (χ2n) is 9.23. The number of carbonyl (C=O) groups excluding carboxylic acids is 1. The van der Waals surface area contributed by atoms with Gasteiger partial charge in [-0.1, -0.05) is 54.4 Å². The van der Waals surface area contributed by atoms with Crippen molar-refractivity contribution in [3.05, 3.63) is 99.0 Å². The van der Waals surface area contributed by atoms with Gasteiger partial charge in [0.1, 0.15) is 12.4 Å². The number of rotatable bonds is 9. The lowest BCUT2D eigenvalue weighted by Gasteiger charge is -2.31. The Kier molecular flexibility index (Phi) is 10.2. The average Bonchev–Trinajstić information content (AvgIpc) is 2.86. The monoisotopic (exact) mass is 547 g/mol. The van der Waals surface area contributed by atoms with E-state index in [-0.39, 0.29) is 18.2 Å². The highest BCUT2D eigenvalue weighted by molar-refractivity contribution is 6.30. The Morgan fingerprint density at radius 1 is 0.944 bits per heavy atom. The topological polar surface area (TPSA) is 38.8 Å². The first-order valence-electron chi connectivity index (χ1n) is 11.9. The summed E-state index contributed by atoms with van der Waals surface area (Å²) in [5.74, 6) is 0.883. The summed E-state index contributed by atoms with van der Waals surface area (Å²) in [6, 6.07) is 21.1. The molecule has 0 aliphatic carbocycles. The molecule has 0 spiro atoms. The average molecular weight is 549 g/mol. The van der Waals surface area contributed by atoms with Crippen molar-refractivity contribution in [1.29, 1.82) is 0 Å². The lowest BCUT2D eigenvalue weighted by atomic mass is 9.72. The molecule has 1 aliphatic rings. The first kappa shape index (κ1) is 28.5. The van der Waals surface area contributed by atoms with Crippen LogP contribution in [0.1, 0.15) is 40.4 Å². The van der Waals surface area contributed by atoms with Gasteiger partial charge in [-0.25, -0.2) is 0 Å². The zero-order valence-corrected chi connectivity index (χ0v) is 23.0. The fourth-order valence-corrected chi connectivity index (χ4v) is 4.78. The van der Waals surface area contributed by atoms with Crippen LogP contribution in [0.5, 0.6) is 5.75 Å². The van der Waals surface area contributed by atoms with E-state index in [1.807, 2.05) is 73.7 Å². The van der Waals surface area contributed by atoms with E-state index < -0.39 is 5.41 Å². The molecule has 0 aromatic heterocycles. The number of ether oxygens (including phenoxy) is 2. The predicted molar refractivity (Wildman–Crippen MR) is 149 cm³/mol. The molecule has 36 heavy (non-hydrogen) atoms. The van der Waals surface area contributed by atoms with Crippen molar-refractivity contribution in [2.24, 2.45) is 0 Å². The molecule has 0 saturated carbocycles. The van der Waals surface area contributed by atoms with Gasteiger partial charge in [0.25, 0.3) is 0 Å². The van der Waals surface area contributed by atoms with Crippen molar-refractivity contribution in [1.82, 2.24) is 4.90 Å². The van der Waals surface area contributed by atoms with Crippen molar-refractivity contribution in [2.45, 2.75) is 25.7 Å². The molecule has 1 aliphatic heterocycles. The van der Waals surface area contributed by atoms with Crippen molar-refractivity contribution in [3.63, 3.8) is 0 Å². The lowest BCUT2D eigenvalue weighted by molar-refractivity contribution is 0.0322. The Balaban J connectivity index is 0.00000361. The van der Waals surface area contributed by atoms with Crippen LogP contribution >= 0.6 is 35.6 Å². The normalized spacial score (nSPS) is 14.2. The van der Waals surface area contributed by atoms with Crippen LogP contribution < -0.4 is 4.74 Å². The zero-order chi connectivity index (χ0) is 24.8. The van der Waals surface area contributed by atoms with Crippen LogP contribution in [0.15, 0.2) is 66.7 Å². The van der Waals surface area contributed by atoms with Crippen molar-refractivity contribution in [3.8, 4) is 5.75 Å². The molecule has 1 fully saturated rings. The fraction of sp³-hybridized carbons (Fsp3) is 0.345. The summed E-state index contributed by atoms with van der Waals surface area (Å²) in [5.41, 5.74) is 3.15. The summed E-state index contributed by atoms with van der Waals surface area (Å²) in [5, 5.41) is 1.33. The number of ketones is 1. The Labute approximate surface area is 229 Å². The zero-order valence-electron chi connectivity index (χ0n) is 20.6. The van der Waals surface area contributed by atoms with Gasteiger partial charge in [-0.05, 0) is 66.1 Å². The molecule has 0 unspecified atom stereocenters. The molecular weight excluding hydrogens is 517 g/mol. The van der Waals surface area contributed by atoms with Gasteiger partial charge in [0, 0.05) is 47.1 Å². The number of morpholine rings is 1. The summed E-state index contributed by atoms with van der Waals surface area (Å²) in [6.45, 7) is 8.99. The summed E-state index contributed by atoms with van der Waals surface area (Å²) < 4.78 is 11.4. The Bertz CT molecular complexity index is 1100. The minimum absolute atomic E-state index is 0. The molecule has 7 heteroatoms. The van der Waals surface area contributed by atoms with Gasteiger partial charge in [0.2, 0.25) is 0 Å². The van der Waals surface area contributed by atoms with Crippen LogP contribution in [-0.4, -0.2) is 50.1 Å². The molecule has 4 nitrogen and oxygen atoms in total. The van der Waals surface area contributed by atoms with E-state index in [0.717, 1.165) is 55.3 Å². The summed E-state index contributed by atoms with van der Waals surface area (Å²) >= 11 is 12.3. The van der Waals surface area contributed by atoms with Crippen LogP contribution in [-0.2, 0) is 10.2 Å². The molecule has 1 heterocycles. The maximum absolute atomic E-state index is 13.5. The number of halogens is 3. The molecule has 0 radical (unpaired) electrons. The number of nitrogens with zero attached hydrogens (tertiary/aromatic N) is 1. The molecule has 0 atom stereocenters. The standard InChI is InChI=1S/C29H31Cl2NO3.ClH/c1-21-19-22(3-12-28(21)35-18-15-32-13-16-34-17-14-32)27(33)20-29(2,23-4-8-25(30)9-5-23)24-6-10-26(31)11-7-24;/h3-12,19H,13-18,20H2,1-2H3;1H. The van der Waals surface area contributed by atoms with E-state index in [4.69, 9.17) is 32.7 Å². The molecule has 3 aromatic rings. The summed E-state index contributed by atoms with van der Waals surface area (Å²) in [6.07, 6.45) is 0.312. The van der Waals surface area contributed by atoms with E-state index in [0.29, 0.717) is 28.6 Å². The third-order valence-corrected chi connectivity index (χ3v) is 7.25. The van der Waals surface area contributed by atoms with Gasteiger partial charge >= 0.3 is 0 Å². The van der Waals surface area contributed by atoms with Crippen molar-refractivity contribution >= 4 is 41.4 Å². The lowest BCUT2D eigenvalue weighted by Crippen LogP contribution is -2.38. The van der Waals surface area contributed by atoms with E-state index in [1.165, 1.54) is 0 Å². The van der Waals surface area contributed by atoms with Gasteiger partial charge in [0.05, 0.1) is 13.2 Å². The second kappa shape index (κ2) is 12.9. The number of Topliss-reactive ketones (excluding diaryl/α,β-unsaturated/α-hetero) is 1. The van der Waals surface area contributed by atoms with E-state index >= 15 is 0 Å². The highest BCUT2D eigenvalue weighted by Crippen LogP contribution is 2.38. The highest BCUT2D eigenvalue weighted by Gasteiger charge is 2.32. The predicted octanol–water partition coefficient (Wildman–Crippen LogP) is 7.01. The Morgan fingerprint density at radius 3 is 2.03 bits per heavy atom. The van der Waals surface area contributed by atoms with Gasteiger partial charge in [-0.3, -0.25) is 9.69 Å². The minimum Gasteiger partial charge on any atom is -0.492 e. The van der Waals surface area contributed by atoms with Crippen molar-refractivity contribution < 1.29 is 14.3 Å². The first-order valence-corrected chi connectivity index (χ1v) is 12.7. The molecule has 0 bridgehead atoms. The van der Waals surface area contributed by atoms with Crippen LogP contribution in [0.4, 0.5) is 0 Å². The van der Waals surface area contributed by atoms with Crippen LogP contribution in [0.25, 0.3) is 0 Å². The highest BCUT2D eigenvalue weighted by atomic mass is 35.5. The van der Waals surface area contributed by atoms with Crippen LogP contribution in [0, 0.1) is 6.92 Å². The maximum atomic E-state index is 13.5. The van der Waals surface area contributed by atoms with Gasteiger partial charge in [-0.2, -0.15) is 0 Å². The number of carbonyl (C=O) groups is 1. The SMILES string of the molecule is Cc1cc(C(=O)CC(C)(c2ccc(Cl)cc2)c2ccc(Cl)cc2)ccc1OCCN1CCOCC1.Cl. The molecule has 3 aromatic carbocycles. The smallest absolute Gasteiger partial charge is 0.164 e. The summed E-state index contributed by atoms with van der Waals surface area (Å²) in [4.78, 5) is 15.9. The third kappa shape index (κ3) is 7.02. The number of hydrogen-bond acceptors (Lipinski definition) is 4. The van der Waals surface area contributed by atoms with Gasteiger partial charge in [-0.15, -0.1) is 12.4 Å². The van der Waals surface area contributed by atoms with Gasteiger partial charge < -0.3 is 9.47 Å². The maximum Gasteiger partial charge on any atom is 0.164 e. The molecule has 1 saturated heterocycles. The van der Waals surface area contributed by atoms with Crippen LogP contribution in [0.2, 0.25) is 10.0 Å². The summed E-state index contributed by atoms with van der Waals surface area (Å²) in [7, 11) is 0. The third-order valence-electron chi connectivity index (χ3n) is 6.74. The first-order chi connectivity index (χ1) is 16.8. The van der Waals surface area contributed by atoms with E-state index in [2.05, 4.69) is 11.8 Å². The van der Waals surface area contributed by atoms with Crippen LogP contribution in [0.3, 0.4) is 0 Å². The molecular formula is C29H32Cl3NO3. The molecule has 0 amide bonds. The number of hydrogen-bond donors (Lipinski definition) is 0. The molecule has 192 valence electrons. The Morgan fingerprint density at radius 2 is 1.50 bits per heavy atom. The number of benzene rings is 3. The minimum atomic E-state index is -0.534. The van der Waals surface area contributed by atoms with E-state index in [9.17, 15) is 4.79 Å². The van der Waals surface area contributed by atoms with Crippen molar-refractivity contribution in [2.75, 3.05) is 39.5 Å². The number of aryl methyl sites for hydroxylation is 1. The largest absolute Gasteiger partial charge is 0.492 e. The quantitative estimate of drug-likeness (QED) is 0.270. The second-order valence-corrected chi connectivity index (χ2v) is 10.1. The van der Waals surface area contributed by atoms with Gasteiger partial charge in [0.15, 0.2) is 5.78 Å². The molecule has 4 rings (SSSR count). The van der Waals surface area contributed by atoms with E-state index in [1.54, 1.807) is 0 Å². The Hall–Kier alpha value is -2.08. The molecule has 0 N–H and O–H groups in total. The fourth-order valence-electron chi connectivity index (χ4n) is 4.52.